The maximum atomic E-state index is 12.8. The summed E-state index contributed by atoms with van der Waals surface area (Å²) in [5.41, 5.74) is 1.17. The summed E-state index contributed by atoms with van der Waals surface area (Å²) in [6, 6.07) is 17.3. The van der Waals surface area contributed by atoms with Crippen LogP contribution in [0.5, 0.6) is 5.75 Å². The van der Waals surface area contributed by atoms with Gasteiger partial charge in [-0.3, -0.25) is 9.59 Å². The van der Waals surface area contributed by atoms with Crippen molar-refractivity contribution >= 4 is 11.8 Å². The van der Waals surface area contributed by atoms with Crippen LogP contribution in [0.25, 0.3) is 0 Å². The Hall–Kier alpha value is -2.82. The third-order valence-electron chi connectivity index (χ3n) is 4.93. The Labute approximate surface area is 146 Å². The minimum absolute atomic E-state index is 0.181. The predicted octanol–water partition coefficient (Wildman–Crippen LogP) is 2.33. The van der Waals surface area contributed by atoms with Gasteiger partial charge in [0.15, 0.2) is 5.72 Å². The molecule has 2 bridgehead atoms. The van der Waals surface area contributed by atoms with Crippen LogP contribution in [0.15, 0.2) is 54.6 Å². The topological polar surface area (TPSA) is 67.4 Å². The van der Waals surface area contributed by atoms with Crippen molar-refractivity contribution < 1.29 is 14.3 Å². The van der Waals surface area contributed by atoms with E-state index in [4.69, 9.17) is 4.74 Å². The molecule has 0 saturated carbocycles. The molecule has 1 saturated heterocycles. The predicted molar refractivity (Wildman–Crippen MR) is 92.8 cm³/mol. The molecule has 0 spiro atoms. The van der Waals surface area contributed by atoms with Gasteiger partial charge in [0.25, 0.3) is 0 Å². The minimum Gasteiger partial charge on any atom is -0.468 e. The van der Waals surface area contributed by atoms with E-state index in [9.17, 15) is 9.59 Å². The zero-order chi connectivity index (χ0) is 17.4. The first kappa shape index (κ1) is 15.7. The van der Waals surface area contributed by atoms with E-state index in [-0.39, 0.29) is 17.7 Å². The van der Waals surface area contributed by atoms with Crippen LogP contribution in [0, 0.1) is 5.92 Å². The number of carbonyl (C=O) groups excluding carboxylic acids is 2. The van der Waals surface area contributed by atoms with Crippen molar-refractivity contribution in [2.75, 3.05) is 0 Å². The van der Waals surface area contributed by atoms with Crippen LogP contribution >= 0.6 is 0 Å². The number of hydrogen-bond acceptors (Lipinski definition) is 3. The van der Waals surface area contributed by atoms with Crippen molar-refractivity contribution in [3.63, 3.8) is 0 Å². The van der Waals surface area contributed by atoms with E-state index in [2.05, 4.69) is 10.6 Å². The standard InChI is InChI=1S/C20H20N2O3/c1-20-11-15(14-9-5-6-10-16(14)25-20)17(19(24)22-20)18(23)21-12-13-7-3-2-4-8-13/h2-10,15,17H,11-12H2,1H3,(H,21,23)(H,22,24)/t15-,17-,20-/m1/s1. The van der Waals surface area contributed by atoms with Gasteiger partial charge in [0.2, 0.25) is 11.8 Å². The number of rotatable bonds is 3. The van der Waals surface area contributed by atoms with E-state index in [0.717, 1.165) is 16.9 Å². The highest BCUT2D eigenvalue weighted by atomic mass is 16.5. The molecule has 4 rings (SSSR count). The number of carbonyl (C=O) groups is 2. The summed E-state index contributed by atoms with van der Waals surface area (Å²) in [6.45, 7) is 2.26. The second-order valence-corrected chi connectivity index (χ2v) is 6.85. The third-order valence-corrected chi connectivity index (χ3v) is 4.93. The summed E-state index contributed by atoms with van der Waals surface area (Å²) in [5.74, 6) is -0.715. The van der Waals surface area contributed by atoms with Gasteiger partial charge in [0.05, 0.1) is 0 Å². The maximum absolute atomic E-state index is 12.8. The number of amides is 2. The largest absolute Gasteiger partial charge is 0.468 e. The highest BCUT2D eigenvalue weighted by Gasteiger charge is 2.51. The van der Waals surface area contributed by atoms with Crippen LogP contribution < -0.4 is 15.4 Å². The summed E-state index contributed by atoms with van der Waals surface area (Å²) < 4.78 is 5.95. The van der Waals surface area contributed by atoms with E-state index >= 15 is 0 Å². The first-order valence-corrected chi connectivity index (χ1v) is 8.47. The lowest BCUT2D eigenvalue weighted by atomic mass is 9.74. The molecule has 25 heavy (non-hydrogen) atoms. The van der Waals surface area contributed by atoms with Crippen LogP contribution in [0.2, 0.25) is 0 Å². The normalized spacial score (nSPS) is 26.8. The summed E-state index contributed by atoms with van der Waals surface area (Å²) in [6.07, 6.45) is 0.583. The summed E-state index contributed by atoms with van der Waals surface area (Å²) in [7, 11) is 0. The quantitative estimate of drug-likeness (QED) is 0.846. The molecule has 0 aromatic heterocycles. The number of fused-ring (bicyclic) bond motifs is 4. The average Bonchev–Trinajstić information content (AvgIpc) is 2.60. The molecule has 3 atom stereocenters. The molecule has 0 radical (unpaired) electrons. The van der Waals surface area contributed by atoms with Crippen molar-refractivity contribution in [3.05, 3.63) is 65.7 Å². The molecule has 2 aliphatic rings. The molecule has 5 nitrogen and oxygen atoms in total. The monoisotopic (exact) mass is 336 g/mol. The second-order valence-electron chi connectivity index (χ2n) is 6.85. The van der Waals surface area contributed by atoms with Crippen LogP contribution in [0.4, 0.5) is 0 Å². The van der Waals surface area contributed by atoms with E-state index in [1.54, 1.807) is 0 Å². The van der Waals surface area contributed by atoms with Gasteiger partial charge in [-0.2, -0.15) is 0 Å². The Kier molecular flexibility index (Phi) is 3.71. The molecule has 2 aromatic rings. The maximum Gasteiger partial charge on any atom is 0.236 e. The molecule has 128 valence electrons. The lowest BCUT2D eigenvalue weighted by Gasteiger charge is -2.46. The Morgan fingerprint density at radius 1 is 1.20 bits per heavy atom. The van der Waals surface area contributed by atoms with Gasteiger partial charge in [0, 0.05) is 18.9 Å². The molecule has 2 amide bonds. The molecular weight excluding hydrogens is 316 g/mol. The second kappa shape index (κ2) is 5.92. The van der Waals surface area contributed by atoms with Crippen LogP contribution in [-0.4, -0.2) is 17.5 Å². The van der Waals surface area contributed by atoms with Gasteiger partial charge in [-0.05, 0) is 24.1 Å². The van der Waals surface area contributed by atoms with E-state index < -0.39 is 11.6 Å². The number of piperidine rings is 1. The highest BCUT2D eigenvalue weighted by molar-refractivity contribution is 6.02. The van der Waals surface area contributed by atoms with Crippen LogP contribution in [-0.2, 0) is 16.1 Å². The van der Waals surface area contributed by atoms with Gasteiger partial charge in [-0.15, -0.1) is 0 Å². The third kappa shape index (κ3) is 2.86. The summed E-state index contributed by atoms with van der Waals surface area (Å²) >= 11 is 0. The first-order valence-electron chi connectivity index (χ1n) is 8.47. The van der Waals surface area contributed by atoms with E-state index in [1.807, 2.05) is 61.5 Å². The highest BCUT2D eigenvalue weighted by Crippen LogP contribution is 2.46. The number of para-hydroxylation sites is 1. The molecule has 1 fully saturated rings. The first-order chi connectivity index (χ1) is 12.1. The van der Waals surface area contributed by atoms with Gasteiger partial charge in [-0.1, -0.05) is 48.5 Å². The fourth-order valence-electron chi connectivity index (χ4n) is 3.79. The average molecular weight is 336 g/mol. The van der Waals surface area contributed by atoms with Crippen molar-refractivity contribution in [1.82, 2.24) is 10.6 Å². The number of ether oxygens (including phenoxy) is 1. The Bertz CT molecular complexity index is 821. The summed E-state index contributed by atoms with van der Waals surface area (Å²) in [5, 5.41) is 5.78. The fraction of sp³-hybridized carbons (Fsp3) is 0.300. The molecular formula is C20H20N2O3. The Morgan fingerprint density at radius 3 is 2.72 bits per heavy atom. The molecule has 2 heterocycles. The molecule has 2 N–H and O–H groups in total. The Balaban J connectivity index is 1.59. The molecule has 2 aliphatic heterocycles. The van der Waals surface area contributed by atoms with Gasteiger partial charge < -0.3 is 15.4 Å². The number of nitrogens with one attached hydrogen (secondary N) is 2. The fourth-order valence-corrected chi connectivity index (χ4v) is 3.79. The molecule has 5 heteroatoms. The van der Waals surface area contributed by atoms with Gasteiger partial charge in [-0.25, -0.2) is 0 Å². The van der Waals surface area contributed by atoms with Crippen LogP contribution in [0.3, 0.4) is 0 Å². The molecule has 2 aromatic carbocycles. The van der Waals surface area contributed by atoms with Gasteiger partial charge in [0.1, 0.15) is 11.7 Å². The van der Waals surface area contributed by atoms with Crippen molar-refractivity contribution in [1.29, 1.82) is 0 Å². The van der Waals surface area contributed by atoms with Crippen molar-refractivity contribution in [2.45, 2.75) is 31.5 Å². The lowest BCUT2D eigenvalue weighted by Crippen LogP contribution is -2.62. The van der Waals surface area contributed by atoms with E-state index in [1.165, 1.54) is 0 Å². The molecule has 0 unspecified atom stereocenters. The Morgan fingerprint density at radius 2 is 1.92 bits per heavy atom. The number of benzene rings is 2. The van der Waals surface area contributed by atoms with Gasteiger partial charge >= 0.3 is 0 Å². The molecule has 0 aliphatic carbocycles. The van der Waals surface area contributed by atoms with Crippen molar-refractivity contribution in [3.8, 4) is 5.75 Å². The summed E-state index contributed by atoms with van der Waals surface area (Å²) in [4.78, 5) is 25.4. The van der Waals surface area contributed by atoms with Crippen LogP contribution in [0.1, 0.15) is 30.4 Å². The zero-order valence-corrected chi connectivity index (χ0v) is 14.0. The number of hydrogen-bond donors (Lipinski definition) is 2. The minimum atomic E-state index is -0.758. The SMILES string of the molecule is C[C@]12C[C@H](c3ccccc3O1)[C@H](C(=O)NCc1ccccc1)C(=O)N2. The smallest absolute Gasteiger partial charge is 0.236 e. The van der Waals surface area contributed by atoms with E-state index in [0.29, 0.717) is 13.0 Å². The van der Waals surface area contributed by atoms with Crippen molar-refractivity contribution in [2.24, 2.45) is 5.92 Å². The lowest BCUT2D eigenvalue weighted by molar-refractivity contribution is -0.147. The zero-order valence-electron chi connectivity index (χ0n) is 14.0.